The van der Waals surface area contributed by atoms with E-state index in [1.165, 1.54) is 0 Å². The average Bonchev–Trinajstić information content (AvgIpc) is 2.64. The Morgan fingerprint density at radius 3 is 2.19 bits per heavy atom. The van der Waals surface area contributed by atoms with Gasteiger partial charge in [0, 0.05) is 5.02 Å². The zero-order valence-corrected chi connectivity index (χ0v) is 17.3. The maximum absolute atomic E-state index is 11.9. The number of hydrogen-bond donors (Lipinski definition) is 2. The Morgan fingerprint density at radius 1 is 1.00 bits per heavy atom. The van der Waals surface area contributed by atoms with E-state index in [1.807, 2.05) is 32.0 Å². The van der Waals surface area contributed by atoms with Crippen LogP contribution in [0.25, 0.3) is 0 Å². The number of amides is 2. The van der Waals surface area contributed by atoms with Gasteiger partial charge < -0.3 is 9.47 Å². The Hall–Kier alpha value is -2.25. The van der Waals surface area contributed by atoms with Gasteiger partial charge in [-0.2, -0.15) is 0 Å². The molecule has 144 valence electrons. The van der Waals surface area contributed by atoms with Gasteiger partial charge in [-0.15, -0.1) is 0 Å². The minimum atomic E-state index is -0.507. The van der Waals surface area contributed by atoms with Crippen molar-refractivity contribution in [3.8, 4) is 11.5 Å². The monoisotopic (exact) mass is 454 g/mol. The summed E-state index contributed by atoms with van der Waals surface area (Å²) in [5.74, 6) is 0.398. The van der Waals surface area contributed by atoms with Gasteiger partial charge in [-0.25, -0.2) is 0 Å². The molecule has 0 bridgehead atoms. The number of hydrogen-bond acceptors (Lipinski definition) is 4. The molecule has 0 aliphatic heterocycles. The fourth-order valence-electron chi connectivity index (χ4n) is 2.18. The van der Waals surface area contributed by atoms with E-state index in [9.17, 15) is 9.59 Å². The number of hydrazine groups is 1. The number of ether oxygens (including phenoxy) is 2. The molecule has 8 heteroatoms. The molecule has 0 aromatic heterocycles. The summed E-state index contributed by atoms with van der Waals surface area (Å²) in [7, 11) is 0. The Bertz CT molecular complexity index is 814. The van der Waals surface area contributed by atoms with Crippen LogP contribution in [0, 0.1) is 0 Å². The molecule has 0 aliphatic rings. The van der Waals surface area contributed by atoms with Crippen LogP contribution in [0.1, 0.15) is 25.3 Å². The summed E-state index contributed by atoms with van der Waals surface area (Å²) in [5.41, 5.74) is 5.57. The number of nitrogens with one attached hydrogen (secondary N) is 2. The van der Waals surface area contributed by atoms with E-state index < -0.39 is 11.8 Å². The third-order valence-corrected chi connectivity index (χ3v) is 4.35. The molecule has 2 amide bonds. The van der Waals surface area contributed by atoms with Gasteiger partial charge in [-0.1, -0.05) is 43.6 Å². The molecule has 2 aromatic rings. The molecule has 0 fully saturated rings. The maximum atomic E-state index is 11.9. The fraction of sp³-hybridized carbons (Fsp3) is 0.263. The van der Waals surface area contributed by atoms with E-state index in [4.69, 9.17) is 21.1 Å². The van der Waals surface area contributed by atoms with Gasteiger partial charge in [0.15, 0.2) is 13.2 Å². The summed E-state index contributed by atoms with van der Waals surface area (Å²) in [5, 5.41) is 0.546. The van der Waals surface area contributed by atoms with Crippen LogP contribution in [0.4, 0.5) is 0 Å². The Labute approximate surface area is 171 Å². The summed E-state index contributed by atoms with van der Waals surface area (Å²) in [6.07, 6.45) is 0. The molecule has 0 saturated heterocycles. The van der Waals surface area contributed by atoms with Crippen molar-refractivity contribution in [1.82, 2.24) is 10.9 Å². The summed E-state index contributed by atoms with van der Waals surface area (Å²) in [4.78, 5) is 23.6. The van der Waals surface area contributed by atoms with Gasteiger partial charge in [0.1, 0.15) is 11.5 Å². The zero-order valence-electron chi connectivity index (χ0n) is 14.9. The van der Waals surface area contributed by atoms with Crippen LogP contribution >= 0.6 is 27.5 Å². The third-order valence-electron chi connectivity index (χ3n) is 3.49. The molecule has 0 spiro atoms. The highest BCUT2D eigenvalue weighted by molar-refractivity contribution is 9.10. The van der Waals surface area contributed by atoms with Crippen molar-refractivity contribution in [1.29, 1.82) is 0 Å². The average molecular weight is 456 g/mol. The lowest BCUT2D eigenvalue weighted by Crippen LogP contribution is -2.45. The Morgan fingerprint density at radius 2 is 1.59 bits per heavy atom. The van der Waals surface area contributed by atoms with Gasteiger partial charge in [0.2, 0.25) is 0 Å². The lowest BCUT2D eigenvalue weighted by Gasteiger charge is -2.14. The van der Waals surface area contributed by atoms with Crippen molar-refractivity contribution in [2.75, 3.05) is 13.2 Å². The van der Waals surface area contributed by atoms with E-state index in [2.05, 4.69) is 26.8 Å². The molecule has 27 heavy (non-hydrogen) atoms. The molecule has 0 unspecified atom stereocenters. The number of benzene rings is 2. The summed E-state index contributed by atoms with van der Waals surface area (Å²) in [6, 6.07) is 12.5. The van der Waals surface area contributed by atoms with Crippen molar-refractivity contribution in [3.63, 3.8) is 0 Å². The van der Waals surface area contributed by atoms with Crippen LogP contribution in [0.15, 0.2) is 46.9 Å². The molecule has 2 rings (SSSR count). The van der Waals surface area contributed by atoms with Crippen molar-refractivity contribution >= 4 is 39.3 Å². The minimum Gasteiger partial charge on any atom is -0.483 e. The first-order chi connectivity index (χ1) is 12.9. The molecular formula is C19H20BrClN2O4. The van der Waals surface area contributed by atoms with E-state index in [1.54, 1.807) is 24.3 Å². The second kappa shape index (κ2) is 10.2. The molecule has 0 atom stereocenters. The van der Waals surface area contributed by atoms with Gasteiger partial charge in [0.25, 0.3) is 11.8 Å². The standard InChI is InChI=1S/C19H20BrClN2O4/c1-12(2)14-5-3-4-6-16(14)26-10-18(24)22-23-19(25)11-27-17-8-7-13(21)9-15(17)20/h3-9,12H,10-11H2,1-2H3,(H,22,24)(H,23,25). The summed E-state index contributed by atoms with van der Waals surface area (Å²) >= 11 is 9.13. The molecule has 0 heterocycles. The minimum absolute atomic E-state index is 0.215. The van der Waals surface area contributed by atoms with Gasteiger partial charge in [-0.3, -0.25) is 20.4 Å². The van der Waals surface area contributed by atoms with Crippen molar-refractivity contribution < 1.29 is 19.1 Å². The molecule has 0 aliphatic carbocycles. The molecule has 6 nitrogen and oxygen atoms in total. The fourth-order valence-corrected chi connectivity index (χ4v) is 2.98. The second-order valence-corrected chi connectivity index (χ2v) is 7.23. The summed E-state index contributed by atoms with van der Waals surface area (Å²) in [6.45, 7) is 3.61. The van der Waals surface area contributed by atoms with E-state index in [-0.39, 0.29) is 19.1 Å². The van der Waals surface area contributed by atoms with Gasteiger partial charge in [0.05, 0.1) is 4.47 Å². The van der Waals surface area contributed by atoms with Crippen LogP contribution in [0.2, 0.25) is 5.02 Å². The number of para-hydroxylation sites is 1. The van der Waals surface area contributed by atoms with Gasteiger partial charge in [-0.05, 0) is 51.7 Å². The van der Waals surface area contributed by atoms with Crippen molar-refractivity contribution in [3.05, 3.63) is 57.5 Å². The van der Waals surface area contributed by atoms with E-state index in [0.29, 0.717) is 21.0 Å². The van der Waals surface area contributed by atoms with Crippen LogP contribution < -0.4 is 20.3 Å². The maximum Gasteiger partial charge on any atom is 0.276 e. The predicted octanol–water partition coefficient (Wildman–Crippen LogP) is 3.83. The molecule has 2 aromatic carbocycles. The summed E-state index contributed by atoms with van der Waals surface area (Å²) < 4.78 is 11.5. The number of carbonyl (C=O) groups excluding carboxylic acids is 2. The largest absolute Gasteiger partial charge is 0.483 e. The van der Waals surface area contributed by atoms with Gasteiger partial charge >= 0.3 is 0 Å². The number of rotatable bonds is 7. The van der Waals surface area contributed by atoms with Crippen LogP contribution in [-0.2, 0) is 9.59 Å². The van der Waals surface area contributed by atoms with Crippen molar-refractivity contribution in [2.24, 2.45) is 0 Å². The molecule has 0 saturated carbocycles. The second-order valence-electron chi connectivity index (χ2n) is 5.94. The smallest absolute Gasteiger partial charge is 0.276 e. The van der Waals surface area contributed by atoms with Crippen LogP contribution in [0.5, 0.6) is 11.5 Å². The number of halogens is 2. The normalized spacial score (nSPS) is 10.4. The Kier molecular flexibility index (Phi) is 7.94. The Balaban J connectivity index is 1.74. The topological polar surface area (TPSA) is 76.7 Å². The highest BCUT2D eigenvalue weighted by Crippen LogP contribution is 2.28. The molecule has 0 radical (unpaired) electrons. The van der Waals surface area contributed by atoms with E-state index >= 15 is 0 Å². The van der Waals surface area contributed by atoms with Crippen LogP contribution in [-0.4, -0.2) is 25.0 Å². The first-order valence-electron chi connectivity index (χ1n) is 8.24. The quantitative estimate of drug-likeness (QED) is 0.622. The predicted molar refractivity (Wildman–Crippen MR) is 107 cm³/mol. The first-order valence-corrected chi connectivity index (χ1v) is 9.41. The third kappa shape index (κ3) is 6.77. The molecular weight excluding hydrogens is 436 g/mol. The highest BCUT2D eigenvalue weighted by Gasteiger charge is 2.11. The highest BCUT2D eigenvalue weighted by atomic mass is 79.9. The zero-order chi connectivity index (χ0) is 19.8. The van der Waals surface area contributed by atoms with E-state index in [0.717, 1.165) is 5.56 Å². The lowest BCUT2D eigenvalue weighted by molar-refractivity contribution is -0.131. The number of carbonyl (C=O) groups is 2. The van der Waals surface area contributed by atoms with Crippen molar-refractivity contribution in [2.45, 2.75) is 19.8 Å². The van der Waals surface area contributed by atoms with Crippen LogP contribution in [0.3, 0.4) is 0 Å². The SMILES string of the molecule is CC(C)c1ccccc1OCC(=O)NNC(=O)COc1ccc(Cl)cc1Br. The lowest BCUT2D eigenvalue weighted by atomic mass is 10.0. The first kappa shape index (κ1) is 21.1. The molecule has 2 N–H and O–H groups in total.